The molecule has 17 heavy (non-hydrogen) atoms. The second-order valence-electron chi connectivity index (χ2n) is 4.68. The van der Waals surface area contributed by atoms with Crippen molar-refractivity contribution in [2.75, 3.05) is 7.11 Å². The first-order valence-corrected chi connectivity index (χ1v) is 6.95. The Balaban J connectivity index is 3.23. The van der Waals surface area contributed by atoms with Gasteiger partial charge in [-0.25, -0.2) is 0 Å². The van der Waals surface area contributed by atoms with E-state index in [-0.39, 0.29) is 12.1 Å². The maximum absolute atomic E-state index is 10.8. The fourth-order valence-electron chi connectivity index (χ4n) is 1.88. The molecule has 1 atom stereocenters. The number of carbonyl (C=O) groups excluding carboxylic acids is 1. The largest absolute Gasteiger partial charge is 0.469 e. The van der Waals surface area contributed by atoms with Crippen molar-refractivity contribution in [3.05, 3.63) is 0 Å². The molecular weight excluding hydrogens is 216 g/mol. The van der Waals surface area contributed by atoms with Gasteiger partial charge in [0.05, 0.1) is 13.2 Å². The zero-order valence-corrected chi connectivity index (χ0v) is 11.4. The standard InChI is InChI=1S/C14H28O3/c1-3-4-5-6-7-10-13(15)11-8-9-12-14(16)17-2/h13,15H,3-12H2,1-2H3. The van der Waals surface area contributed by atoms with E-state index in [9.17, 15) is 9.90 Å². The van der Waals surface area contributed by atoms with Crippen LogP contribution in [0.3, 0.4) is 0 Å². The highest BCUT2D eigenvalue weighted by atomic mass is 16.5. The van der Waals surface area contributed by atoms with Crippen LogP contribution in [0.15, 0.2) is 0 Å². The molecule has 0 aromatic rings. The molecule has 0 saturated heterocycles. The molecule has 0 rings (SSSR count). The van der Waals surface area contributed by atoms with Gasteiger partial charge in [-0.3, -0.25) is 4.79 Å². The molecule has 0 fully saturated rings. The summed E-state index contributed by atoms with van der Waals surface area (Å²) in [5.74, 6) is -0.154. The number of ether oxygens (including phenoxy) is 1. The highest BCUT2D eigenvalue weighted by Crippen LogP contribution is 2.12. The van der Waals surface area contributed by atoms with E-state index >= 15 is 0 Å². The van der Waals surface area contributed by atoms with E-state index in [0.717, 1.165) is 32.1 Å². The Hall–Kier alpha value is -0.570. The number of carbonyl (C=O) groups is 1. The van der Waals surface area contributed by atoms with Crippen molar-refractivity contribution in [1.82, 2.24) is 0 Å². The molecule has 0 aromatic heterocycles. The number of hydrogen-bond donors (Lipinski definition) is 1. The van der Waals surface area contributed by atoms with E-state index < -0.39 is 0 Å². The molecule has 0 aliphatic rings. The third-order valence-electron chi connectivity index (χ3n) is 3.04. The molecule has 0 radical (unpaired) electrons. The van der Waals surface area contributed by atoms with Crippen LogP contribution in [0.4, 0.5) is 0 Å². The van der Waals surface area contributed by atoms with Crippen LogP contribution in [-0.4, -0.2) is 24.3 Å². The lowest BCUT2D eigenvalue weighted by atomic mass is 10.0. The summed E-state index contributed by atoms with van der Waals surface area (Å²) in [7, 11) is 1.41. The Labute approximate surface area is 106 Å². The van der Waals surface area contributed by atoms with Crippen molar-refractivity contribution in [3.8, 4) is 0 Å². The van der Waals surface area contributed by atoms with Crippen LogP contribution in [0.1, 0.15) is 71.1 Å². The first kappa shape index (κ1) is 16.4. The Morgan fingerprint density at radius 3 is 2.24 bits per heavy atom. The second kappa shape index (κ2) is 11.9. The number of unbranched alkanes of at least 4 members (excludes halogenated alkanes) is 5. The molecule has 0 aliphatic heterocycles. The van der Waals surface area contributed by atoms with Gasteiger partial charge in [-0.05, 0) is 19.3 Å². The molecular formula is C14H28O3. The quantitative estimate of drug-likeness (QED) is 0.447. The van der Waals surface area contributed by atoms with Crippen molar-refractivity contribution in [2.24, 2.45) is 0 Å². The number of aliphatic hydroxyl groups excluding tert-OH is 1. The van der Waals surface area contributed by atoms with Crippen LogP contribution >= 0.6 is 0 Å². The van der Waals surface area contributed by atoms with Crippen LogP contribution in [0, 0.1) is 0 Å². The summed E-state index contributed by atoms with van der Waals surface area (Å²) < 4.78 is 4.56. The number of aliphatic hydroxyl groups is 1. The molecule has 0 aromatic carbocycles. The Kier molecular flexibility index (Phi) is 11.5. The van der Waals surface area contributed by atoms with Crippen molar-refractivity contribution in [2.45, 2.75) is 77.2 Å². The molecule has 1 N–H and O–H groups in total. The monoisotopic (exact) mass is 244 g/mol. The minimum atomic E-state index is -0.186. The average Bonchev–Trinajstić information content (AvgIpc) is 2.34. The lowest BCUT2D eigenvalue weighted by molar-refractivity contribution is -0.140. The average molecular weight is 244 g/mol. The van der Waals surface area contributed by atoms with Gasteiger partial charge in [0.15, 0.2) is 0 Å². The van der Waals surface area contributed by atoms with Gasteiger partial charge in [-0.15, -0.1) is 0 Å². The molecule has 1 unspecified atom stereocenters. The van der Waals surface area contributed by atoms with Gasteiger partial charge in [0, 0.05) is 6.42 Å². The van der Waals surface area contributed by atoms with Gasteiger partial charge in [-0.1, -0.05) is 45.4 Å². The molecule has 0 spiro atoms. The summed E-state index contributed by atoms with van der Waals surface area (Å²) >= 11 is 0. The molecule has 3 nitrogen and oxygen atoms in total. The van der Waals surface area contributed by atoms with Crippen molar-refractivity contribution < 1.29 is 14.6 Å². The highest BCUT2D eigenvalue weighted by molar-refractivity contribution is 5.68. The lowest BCUT2D eigenvalue weighted by Crippen LogP contribution is -2.07. The van der Waals surface area contributed by atoms with Gasteiger partial charge in [0.25, 0.3) is 0 Å². The van der Waals surface area contributed by atoms with Crippen molar-refractivity contribution in [1.29, 1.82) is 0 Å². The van der Waals surface area contributed by atoms with Crippen molar-refractivity contribution >= 4 is 5.97 Å². The minimum absolute atomic E-state index is 0.154. The van der Waals surface area contributed by atoms with Crippen LogP contribution < -0.4 is 0 Å². The number of methoxy groups -OCH3 is 1. The summed E-state index contributed by atoms with van der Waals surface area (Å²) in [6.45, 7) is 2.20. The zero-order chi connectivity index (χ0) is 12.9. The Morgan fingerprint density at radius 1 is 1.06 bits per heavy atom. The van der Waals surface area contributed by atoms with Gasteiger partial charge < -0.3 is 9.84 Å². The van der Waals surface area contributed by atoms with Gasteiger partial charge in [0.1, 0.15) is 0 Å². The number of rotatable bonds is 11. The van der Waals surface area contributed by atoms with E-state index in [1.54, 1.807) is 0 Å². The molecule has 0 saturated carbocycles. The van der Waals surface area contributed by atoms with Gasteiger partial charge in [-0.2, -0.15) is 0 Å². The topological polar surface area (TPSA) is 46.5 Å². The molecule has 0 amide bonds. The van der Waals surface area contributed by atoms with Crippen LogP contribution in [0.2, 0.25) is 0 Å². The number of hydrogen-bond acceptors (Lipinski definition) is 3. The SMILES string of the molecule is CCCCCCCC(O)CCCCC(=O)OC. The maximum atomic E-state index is 10.8. The van der Waals surface area contributed by atoms with Crippen LogP contribution in [-0.2, 0) is 9.53 Å². The van der Waals surface area contributed by atoms with E-state index in [1.165, 1.54) is 32.8 Å². The fraction of sp³-hybridized carbons (Fsp3) is 0.929. The third kappa shape index (κ3) is 11.7. The Bertz CT molecular complexity index is 180. The first-order valence-electron chi connectivity index (χ1n) is 6.95. The summed E-state index contributed by atoms with van der Waals surface area (Å²) in [4.78, 5) is 10.8. The molecule has 0 heterocycles. The van der Waals surface area contributed by atoms with Gasteiger partial charge >= 0.3 is 5.97 Å². The predicted molar refractivity (Wildman–Crippen MR) is 69.9 cm³/mol. The van der Waals surface area contributed by atoms with E-state index in [4.69, 9.17) is 0 Å². The summed E-state index contributed by atoms with van der Waals surface area (Å²) in [6, 6.07) is 0. The van der Waals surface area contributed by atoms with E-state index in [1.807, 2.05) is 0 Å². The molecule has 0 bridgehead atoms. The summed E-state index contributed by atoms with van der Waals surface area (Å²) in [5.41, 5.74) is 0. The predicted octanol–water partition coefficient (Wildman–Crippen LogP) is 3.44. The first-order chi connectivity index (χ1) is 8.20. The van der Waals surface area contributed by atoms with Crippen LogP contribution in [0.25, 0.3) is 0 Å². The molecule has 0 aliphatic carbocycles. The third-order valence-corrected chi connectivity index (χ3v) is 3.04. The lowest BCUT2D eigenvalue weighted by Gasteiger charge is -2.09. The molecule has 3 heteroatoms. The minimum Gasteiger partial charge on any atom is -0.469 e. The van der Waals surface area contributed by atoms with Crippen molar-refractivity contribution in [3.63, 3.8) is 0 Å². The zero-order valence-electron chi connectivity index (χ0n) is 11.4. The molecule has 102 valence electrons. The summed E-state index contributed by atoms with van der Waals surface area (Å²) in [6.07, 6.45) is 9.92. The second-order valence-corrected chi connectivity index (χ2v) is 4.68. The fourth-order valence-corrected chi connectivity index (χ4v) is 1.88. The number of esters is 1. The van der Waals surface area contributed by atoms with E-state index in [0.29, 0.717) is 6.42 Å². The van der Waals surface area contributed by atoms with Crippen LogP contribution in [0.5, 0.6) is 0 Å². The van der Waals surface area contributed by atoms with E-state index in [2.05, 4.69) is 11.7 Å². The smallest absolute Gasteiger partial charge is 0.305 e. The maximum Gasteiger partial charge on any atom is 0.305 e. The normalized spacial score (nSPS) is 12.4. The summed E-state index contributed by atoms with van der Waals surface area (Å²) in [5, 5.41) is 9.71. The van der Waals surface area contributed by atoms with Gasteiger partial charge in [0.2, 0.25) is 0 Å². The Morgan fingerprint density at radius 2 is 1.65 bits per heavy atom. The highest BCUT2D eigenvalue weighted by Gasteiger charge is 2.05.